The van der Waals surface area contributed by atoms with Gasteiger partial charge in [-0.1, -0.05) is 18.2 Å². The number of aryl methyl sites for hydroxylation is 1. The van der Waals surface area contributed by atoms with E-state index < -0.39 is 17.6 Å². The number of nitrogens with zero attached hydrogens (tertiary/aromatic N) is 3. The number of piperidine rings is 1. The maximum absolute atomic E-state index is 12.8. The topological polar surface area (TPSA) is 71.8 Å². The summed E-state index contributed by atoms with van der Waals surface area (Å²) in [4.78, 5) is 16.6. The molecule has 0 bridgehead atoms. The van der Waals surface area contributed by atoms with Crippen molar-refractivity contribution in [1.82, 2.24) is 20.1 Å². The SMILES string of the molecule is Cn1nc(C2CCNCC2)nc1NC(=O)Cc1cccc(C(F)(F)F)c1. The van der Waals surface area contributed by atoms with Crippen LogP contribution in [0.15, 0.2) is 24.3 Å². The summed E-state index contributed by atoms with van der Waals surface area (Å²) < 4.78 is 39.8. The summed E-state index contributed by atoms with van der Waals surface area (Å²) in [6.45, 7) is 1.81. The Balaban J connectivity index is 1.66. The monoisotopic (exact) mass is 367 g/mol. The van der Waals surface area contributed by atoms with Crippen LogP contribution in [0.5, 0.6) is 0 Å². The fraction of sp³-hybridized carbons (Fsp3) is 0.471. The van der Waals surface area contributed by atoms with Crippen molar-refractivity contribution in [1.29, 1.82) is 0 Å². The third kappa shape index (κ3) is 4.40. The zero-order valence-electron chi connectivity index (χ0n) is 14.3. The molecule has 0 radical (unpaired) electrons. The number of aromatic nitrogens is 3. The Morgan fingerprint density at radius 2 is 2.08 bits per heavy atom. The molecule has 2 aromatic rings. The van der Waals surface area contributed by atoms with Crippen LogP contribution in [0, 0.1) is 0 Å². The van der Waals surface area contributed by atoms with E-state index in [0.717, 1.165) is 38.1 Å². The van der Waals surface area contributed by atoms with Crippen molar-refractivity contribution in [3.8, 4) is 0 Å². The van der Waals surface area contributed by atoms with E-state index in [1.54, 1.807) is 7.05 Å². The Morgan fingerprint density at radius 3 is 2.77 bits per heavy atom. The van der Waals surface area contributed by atoms with Gasteiger partial charge in [0, 0.05) is 13.0 Å². The Kier molecular flexibility index (Phi) is 5.26. The molecule has 1 amide bonds. The van der Waals surface area contributed by atoms with E-state index in [1.807, 2.05) is 0 Å². The zero-order valence-corrected chi connectivity index (χ0v) is 14.3. The maximum atomic E-state index is 12.8. The molecule has 3 rings (SSSR count). The fourth-order valence-electron chi connectivity index (χ4n) is 2.98. The van der Waals surface area contributed by atoms with Gasteiger partial charge in [0.15, 0.2) is 5.82 Å². The quantitative estimate of drug-likeness (QED) is 0.871. The number of hydrogen-bond donors (Lipinski definition) is 2. The van der Waals surface area contributed by atoms with Gasteiger partial charge >= 0.3 is 6.18 Å². The third-order valence-corrected chi connectivity index (χ3v) is 4.35. The maximum Gasteiger partial charge on any atom is 0.416 e. The lowest BCUT2D eigenvalue weighted by Gasteiger charge is -2.19. The first kappa shape index (κ1) is 18.4. The molecule has 26 heavy (non-hydrogen) atoms. The average molecular weight is 367 g/mol. The molecule has 0 saturated carbocycles. The van der Waals surface area contributed by atoms with Gasteiger partial charge in [0.1, 0.15) is 0 Å². The number of amides is 1. The van der Waals surface area contributed by atoms with Crippen molar-refractivity contribution >= 4 is 11.9 Å². The van der Waals surface area contributed by atoms with E-state index >= 15 is 0 Å². The average Bonchev–Trinajstić information content (AvgIpc) is 2.96. The van der Waals surface area contributed by atoms with E-state index in [0.29, 0.717) is 11.8 Å². The standard InChI is InChI=1S/C17H20F3N5O/c1-25-16(23-15(24-25)12-5-7-21-8-6-12)22-14(26)10-11-3-2-4-13(9-11)17(18,19)20/h2-4,9,12,21H,5-8,10H2,1H3,(H,22,23,24,26). The van der Waals surface area contributed by atoms with Crippen LogP contribution in [0.2, 0.25) is 0 Å². The molecule has 1 saturated heterocycles. The number of benzene rings is 1. The number of rotatable bonds is 4. The zero-order chi connectivity index (χ0) is 18.7. The Bertz CT molecular complexity index is 781. The van der Waals surface area contributed by atoms with Crippen LogP contribution in [-0.4, -0.2) is 33.8 Å². The summed E-state index contributed by atoms with van der Waals surface area (Å²) in [7, 11) is 1.68. The number of halogens is 3. The number of nitrogens with one attached hydrogen (secondary N) is 2. The summed E-state index contributed by atoms with van der Waals surface area (Å²) in [5.74, 6) is 0.798. The molecule has 140 valence electrons. The van der Waals surface area contributed by atoms with Gasteiger partial charge in [0.05, 0.1) is 12.0 Å². The van der Waals surface area contributed by atoms with Gasteiger partial charge in [-0.15, -0.1) is 0 Å². The minimum atomic E-state index is -4.43. The lowest BCUT2D eigenvalue weighted by Crippen LogP contribution is -2.27. The predicted molar refractivity (Wildman–Crippen MR) is 89.6 cm³/mol. The molecule has 2 heterocycles. The molecular weight excluding hydrogens is 347 g/mol. The number of hydrogen-bond acceptors (Lipinski definition) is 4. The minimum absolute atomic E-state index is 0.167. The minimum Gasteiger partial charge on any atom is -0.317 e. The van der Waals surface area contributed by atoms with Gasteiger partial charge in [0.2, 0.25) is 11.9 Å². The van der Waals surface area contributed by atoms with Crippen molar-refractivity contribution in [2.75, 3.05) is 18.4 Å². The summed E-state index contributed by atoms with van der Waals surface area (Å²) in [6, 6.07) is 4.75. The van der Waals surface area contributed by atoms with Gasteiger partial charge in [0.25, 0.3) is 0 Å². The van der Waals surface area contributed by atoms with Crippen molar-refractivity contribution in [3.05, 3.63) is 41.2 Å². The fourth-order valence-corrected chi connectivity index (χ4v) is 2.98. The molecule has 6 nitrogen and oxygen atoms in total. The van der Waals surface area contributed by atoms with Crippen LogP contribution in [0.1, 0.15) is 35.7 Å². The lowest BCUT2D eigenvalue weighted by atomic mass is 9.98. The van der Waals surface area contributed by atoms with Gasteiger partial charge in [-0.3, -0.25) is 10.1 Å². The van der Waals surface area contributed by atoms with Gasteiger partial charge in [-0.25, -0.2) is 4.68 Å². The molecule has 1 fully saturated rings. The van der Waals surface area contributed by atoms with E-state index in [-0.39, 0.29) is 17.9 Å². The molecule has 0 spiro atoms. The van der Waals surface area contributed by atoms with Crippen LogP contribution >= 0.6 is 0 Å². The smallest absolute Gasteiger partial charge is 0.317 e. The number of carbonyl (C=O) groups excluding carboxylic acids is 1. The highest BCUT2D eigenvalue weighted by atomic mass is 19.4. The predicted octanol–water partition coefficient (Wildman–Crippen LogP) is 2.48. The second kappa shape index (κ2) is 7.45. The van der Waals surface area contributed by atoms with Crippen LogP contribution < -0.4 is 10.6 Å². The molecular formula is C17H20F3N5O. The Morgan fingerprint density at radius 1 is 1.35 bits per heavy atom. The van der Waals surface area contributed by atoms with E-state index in [2.05, 4.69) is 20.7 Å². The first-order chi connectivity index (χ1) is 12.3. The summed E-state index contributed by atoms with van der Waals surface area (Å²) in [6.07, 6.45) is -2.73. The van der Waals surface area contributed by atoms with Crippen LogP contribution in [0.4, 0.5) is 19.1 Å². The van der Waals surface area contributed by atoms with Gasteiger partial charge in [-0.05, 0) is 37.6 Å². The van der Waals surface area contributed by atoms with E-state index in [9.17, 15) is 18.0 Å². The third-order valence-electron chi connectivity index (χ3n) is 4.35. The molecule has 1 aromatic carbocycles. The van der Waals surface area contributed by atoms with Crippen molar-refractivity contribution in [3.63, 3.8) is 0 Å². The molecule has 1 aromatic heterocycles. The van der Waals surface area contributed by atoms with Crippen molar-refractivity contribution < 1.29 is 18.0 Å². The molecule has 0 aliphatic carbocycles. The molecule has 1 aliphatic heterocycles. The number of carbonyl (C=O) groups is 1. The summed E-state index contributed by atoms with van der Waals surface area (Å²) in [5, 5.41) is 10.3. The second-order valence-corrected chi connectivity index (χ2v) is 6.36. The molecule has 0 unspecified atom stereocenters. The van der Waals surface area contributed by atoms with Crippen LogP contribution in [-0.2, 0) is 24.4 Å². The Labute approximate surface area is 148 Å². The first-order valence-electron chi connectivity index (χ1n) is 8.40. The summed E-state index contributed by atoms with van der Waals surface area (Å²) in [5.41, 5.74) is -0.479. The highest BCUT2D eigenvalue weighted by molar-refractivity contribution is 5.90. The van der Waals surface area contributed by atoms with E-state index in [1.165, 1.54) is 16.8 Å². The molecule has 1 aliphatic rings. The Hall–Kier alpha value is -2.42. The number of alkyl halides is 3. The van der Waals surface area contributed by atoms with Crippen LogP contribution in [0.3, 0.4) is 0 Å². The highest BCUT2D eigenvalue weighted by Gasteiger charge is 2.30. The van der Waals surface area contributed by atoms with E-state index in [4.69, 9.17) is 0 Å². The van der Waals surface area contributed by atoms with Crippen molar-refractivity contribution in [2.45, 2.75) is 31.4 Å². The largest absolute Gasteiger partial charge is 0.416 e. The first-order valence-corrected chi connectivity index (χ1v) is 8.40. The normalized spacial score (nSPS) is 15.8. The van der Waals surface area contributed by atoms with Crippen molar-refractivity contribution in [2.24, 2.45) is 7.05 Å². The van der Waals surface area contributed by atoms with Gasteiger partial charge < -0.3 is 5.32 Å². The highest BCUT2D eigenvalue weighted by Crippen LogP contribution is 2.29. The molecule has 9 heteroatoms. The van der Waals surface area contributed by atoms with Gasteiger partial charge in [-0.2, -0.15) is 23.3 Å². The van der Waals surface area contributed by atoms with Crippen LogP contribution in [0.25, 0.3) is 0 Å². The molecule has 2 N–H and O–H groups in total. The lowest BCUT2D eigenvalue weighted by molar-refractivity contribution is -0.137. The second-order valence-electron chi connectivity index (χ2n) is 6.36. The number of anilines is 1. The summed E-state index contributed by atoms with van der Waals surface area (Å²) >= 11 is 0. The molecule has 0 atom stereocenters.